The van der Waals surface area contributed by atoms with Crippen LogP contribution in [0.3, 0.4) is 0 Å². The second-order valence-corrected chi connectivity index (χ2v) is 40.1. The second kappa shape index (κ2) is 69.2. The Labute approximate surface area is 990 Å². The predicted octanol–water partition coefficient (Wildman–Crippen LogP) is -42.3. The number of carboxylic acids is 8. The number of hydrogen-bond donors (Lipinski definition) is 16. The summed E-state index contributed by atoms with van der Waals surface area (Å²) in [4.78, 5) is 93.9. The zero-order valence-corrected chi connectivity index (χ0v) is 98.2. The van der Waals surface area contributed by atoms with Crippen LogP contribution >= 0.6 is 94.1 Å². The summed E-state index contributed by atoms with van der Waals surface area (Å²) in [6.07, 6.45) is -88.6. The molecule has 0 saturated carbocycles. The topological polar surface area (TPSA) is 792 Å². The zero-order chi connectivity index (χ0) is 93.8. The first kappa shape index (κ1) is 139. The molecular weight excluding hydrogens is 2070 g/mol. The van der Waals surface area contributed by atoms with Gasteiger partial charge in [-0.25, -0.2) is 0 Å². The molecule has 41 atom stereocenters. The molecule has 0 aromatic carbocycles. The van der Waals surface area contributed by atoms with Gasteiger partial charge in [0.05, 0.1) is 54.8 Å². The summed E-state index contributed by atoms with van der Waals surface area (Å²) in [6.45, 7) is 1.17. The van der Waals surface area contributed by atoms with E-state index in [4.69, 9.17) is 75.8 Å². The van der Waals surface area contributed by atoms with Gasteiger partial charge in [0.25, 0.3) is 0 Å². The van der Waals surface area contributed by atoms with E-state index in [1.54, 1.807) is 0 Å². The van der Waals surface area contributed by atoms with Crippen LogP contribution in [0.15, 0.2) is 0 Å². The van der Waals surface area contributed by atoms with Crippen molar-refractivity contribution in [2.75, 3.05) is 86.3 Å². The number of carboxylic acid groups (broad SMARTS) is 8. The van der Waals surface area contributed by atoms with Crippen LogP contribution in [0.5, 0.6) is 0 Å². The number of aliphatic hydroxyl groups is 16. The Bertz CT molecular complexity index is 3400. The molecule has 0 aromatic rings. The van der Waals surface area contributed by atoms with Crippen molar-refractivity contribution in [3.8, 4) is 0 Å². The summed E-state index contributed by atoms with van der Waals surface area (Å²) in [7, 11) is 0. The third kappa shape index (κ3) is 40.9. The smallest absolute Gasteiger partial charge is 0.550 e. The van der Waals surface area contributed by atoms with Gasteiger partial charge in [-0.05, 0) is 92.1 Å². The van der Waals surface area contributed by atoms with Gasteiger partial charge in [-0.2, -0.15) is 82.3 Å². The first-order valence-electron chi connectivity index (χ1n) is 40.3. The second-order valence-electron chi connectivity index (χ2n) is 30.7. The van der Waals surface area contributed by atoms with E-state index in [-0.39, 0.29) is 277 Å². The minimum atomic E-state index is -2.39. The van der Waals surface area contributed by atoms with E-state index in [0.717, 1.165) is 82.3 Å². The van der Waals surface area contributed by atoms with Crippen molar-refractivity contribution in [3.63, 3.8) is 0 Å². The molecule has 0 aromatic heterocycles. The number of aliphatic carboxylic acids is 8. The van der Waals surface area contributed by atoms with Gasteiger partial charge in [0, 0.05) is 93.1 Å². The fourth-order valence-electron chi connectivity index (χ4n) is 14.6. The zero-order valence-electron chi connectivity index (χ0n) is 75.7. The minimum absolute atomic E-state index is 0. The van der Waals surface area contributed by atoms with Crippen molar-refractivity contribution < 1.29 is 473 Å². The number of carbonyl (C=O) groups excluding carboxylic acids is 8. The maximum absolute atomic E-state index is 12.2. The normalized spacial score (nSPS) is 39.3. The van der Waals surface area contributed by atoms with Gasteiger partial charge >= 0.3 is 236 Å². The number of ether oxygens (including phenoxy) is 16. The van der Waals surface area contributed by atoms with Crippen LogP contribution < -0.4 is 277 Å². The number of hydrogen-bond acceptors (Lipinski definition) is 56. The Morgan fingerprint density at radius 3 is 0.434 bits per heavy atom. The fraction of sp³-hybridized carbons (Fsp3) is 0.889. The first-order chi connectivity index (χ1) is 60.6. The molecule has 30 aliphatic rings. The summed E-state index contributed by atoms with van der Waals surface area (Å²) in [5, 5.41) is 287. The Kier molecular flexibility index (Phi) is 70.9. The molecule has 16 bridgehead atoms. The van der Waals surface area contributed by atoms with E-state index in [1.165, 1.54) is 6.92 Å². The Balaban J connectivity index is 0.0000116. The van der Waals surface area contributed by atoms with Crippen LogP contribution in [0.2, 0.25) is 0 Å². The van der Waals surface area contributed by atoms with Crippen LogP contribution in [0.25, 0.3) is 0 Å². The molecule has 0 amide bonds. The third-order valence-electron chi connectivity index (χ3n) is 21.4. The Morgan fingerprint density at radius 2 is 0.324 bits per heavy atom. The Hall–Kier alpha value is 5.28. The van der Waals surface area contributed by atoms with Gasteiger partial charge in [-0.1, -0.05) is 0 Å². The molecule has 48 nitrogen and oxygen atoms in total. The molecular formula is C72H104Na8O48S8. The molecule has 0 aliphatic carbocycles. The van der Waals surface area contributed by atoms with Gasteiger partial charge in [-0.3, -0.25) is 0 Å². The van der Waals surface area contributed by atoms with Crippen molar-refractivity contribution in [2.24, 2.45) is 0 Å². The van der Waals surface area contributed by atoms with Crippen molar-refractivity contribution >= 4 is 142 Å². The van der Waals surface area contributed by atoms with Crippen molar-refractivity contribution in [2.45, 2.75) is 303 Å². The van der Waals surface area contributed by atoms with Gasteiger partial charge in [0.2, 0.25) is 0 Å². The van der Waals surface area contributed by atoms with Gasteiger partial charge < -0.3 is 237 Å². The maximum atomic E-state index is 12.2. The maximum Gasteiger partial charge on any atom is 1.00 e. The van der Waals surface area contributed by atoms with Gasteiger partial charge in [0.15, 0.2) is 50.3 Å². The van der Waals surface area contributed by atoms with Crippen LogP contribution in [0.4, 0.5) is 0 Å². The summed E-state index contributed by atoms with van der Waals surface area (Å²) in [5.74, 6) is -17.7. The fourth-order valence-corrected chi connectivity index (χ4v) is 22.3. The molecule has 30 saturated heterocycles. The first-order valence-corrected chi connectivity index (χ1v) is 49.4. The molecule has 0 radical (unpaired) electrons. The average molecular weight is 2180 g/mol. The van der Waals surface area contributed by atoms with Crippen molar-refractivity contribution in [1.82, 2.24) is 0 Å². The average Bonchev–Trinajstić information content (AvgIpc) is 0.767. The van der Waals surface area contributed by atoms with Gasteiger partial charge in [0.1, 0.15) is 146 Å². The summed E-state index contributed by atoms with van der Waals surface area (Å²) >= 11 is 6.28. The SMILES string of the molecule is CC(SC[C@H]1O[C@@H]2O[C@H]3[C@H](O)[C@@H](O)[C@@H](O[C@H]4[C@H](O)[C@@H](O)[C@@H](O[C@H]5[C@H](O)[C@@H](O)[C@@H](O[C@H]6[C@H](O)[C@@H](O)[C@@H](O[C@H]7[C@H](O)[C@@H](O)[C@@H](O[C@H]8[C@H](O)[C@@H](O)[C@@H](O[C@H]9[C@H](O)[C@@H](O)[C@@H](O[C@H]1[C@H](O)[C@H]2O)O[C@@H]9CSCCC(=O)[O-])O[C@@H]8CSCCC(=O)[O-])O[C@@H]7CSCCC(=O)[O-])O[C@@H]6CSCCC(=O)[O-])O[C@@H]5CSCCC(=O)[O-])O[C@@H]4CSCCC(=O)[O-])O[C@@H]3CSCCC(=O)[O-])C(=O)[O-].[Na+].[Na+].[Na+].[Na+].[Na+].[Na+].[Na+].[Na+]. The third-order valence-corrected chi connectivity index (χ3v) is 30.0. The summed E-state index contributed by atoms with van der Waals surface area (Å²) in [6, 6.07) is 0. The molecule has 16 N–H and O–H groups in total. The summed E-state index contributed by atoms with van der Waals surface area (Å²) in [5.41, 5.74) is 0. The molecule has 736 valence electrons. The predicted molar refractivity (Wildman–Crippen MR) is 420 cm³/mol. The van der Waals surface area contributed by atoms with Crippen LogP contribution in [0, 0.1) is 0 Å². The number of thioether (sulfide) groups is 8. The van der Waals surface area contributed by atoms with E-state index >= 15 is 0 Å². The molecule has 136 heavy (non-hydrogen) atoms. The van der Waals surface area contributed by atoms with E-state index in [9.17, 15) is 161 Å². The molecule has 30 fully saturated rings. The number of aliphatic hydroxyl groups excluding tert-OH is 16. The van der Waals surface area contributed by atoms with Crippen LogP contribution in [-0.2, 0) is 114 Å². The van der Waals surface area contributed by atoms with Crippen LogP contribution in [-0.4, -0.2) is 467 Å². The van der Waals surface area contributed by atoms with Crippen molar-refractivity contribution in [1.29, 1.82) is 0 Å². The minimum Gasteiger partial charge on any atom is -0.550 e. The standard InChI is InChI=1S/C72H112O48S8.8Na/c1-24(64(103)104)128-23-32-63-47(94)55(102)72(112-32)119-62-31(22-127-15-8-39(85)86)110-70(53(100)45(62)92)117-60-29(20-125-13-6-37(81)82)108-68(51(98)43(60)90)115-58-27(18-123-11-4-35(77)78)106-66(49(96)41(58)88)113-56-25(16-121-9-2-33(73)74)105-65(48(95)40(56)87)114-57-26(17-122-10-3-34(75)76)107-67(50(97)42(57)89)116-59-28(19-124-12-5-36(79)80)109-69(52(99)44(59)91)118-61-30(21-126-14-7-38(83)84)111-71(120-63)54(101)46(61)93;;;;;;;;/h24-32,40-63,65-72,87-102H,2-23H2,1H3,(H,73,74)(H,75,76)(H,77,78)(H,79,80)(H,81,82)(H,83,84)(H,85,86)(H,103,104);;;;;;;;/q;8*+1/p-8/t24?,25-,26-,27-,28-,29-,30-,31-,32-,40-,41-,42-,43-,44-,45-,46-,47-,48-,49-,50-,51-,52-,53-,54-,55-,56-,57-,58-,59-,60-,61-,62-,63-,65-,66-,67-,68-,69-,70-,71-,72-;;;;;;;;/m1......../s1. The largest absolute Gasteiger partial charge is 1.00 e. The van der Waals surface area contributed by atoms with E-state index in [0.29, 0.717) is 11.8 Å². The number of carbonyl (C=O) groups is 8. The molecule has 64 heteroatoms. The molecule has 0 spiro atoms. The molecule has 30 rings (SSSR count). The quantitative estimate of drug-likeness (QED) is 0.0201. The van der Waals surface area contributed by atoms with Crippen LogP contribution in [0.1, 0.15) is 51.9 Å². The van der Waals surface area contributed by atoms with E-state index in [2.05, 4.69) is 0 Å². The monoisotopic (exact) mass is 2180 g/mol. The number of rotatable bonds is 39. The van der Waals surface area contributed by atoms with Crippen molar-refractivity contribution in [3.05, 3.63) is 0 Å². The molecule has 30 aliphatic heterocycles. The molecule has 1 unspecified atom stereocenters. The Morgan fingerprint density at radius 1 is 0.206 bits per heavy atom. The van der Waals surface area contributed by atoms with E-state index in [1.807, 2.05) is 0 Å². The molecule has 30 heterocycles. The van der Waals surface area contributed by atoms with Gasteiger partial charge in [-0.15, -0.1) is 11.8 Å². The van der Waals surface area contributed by atoms with E-state index < -0.39 is 390 Å². The summed E-state index contributed by atoms with van der Waals surface area (Å²) < 4.78 is 99.4.